The van der Waals surface area contributed by atoms with Gasteiger partial charge in [0.25, 0.3) is 5.91 Å². The van der Waals surface area contributed by atoms with Gasteiger partial charge in [-0.3, -0.25) is 4.79 Å². The number of amides is 3. The van der Waals surface area contributed by atoms with Crippen molar-refractivity contribution in [2.45, 2.75) is 37.6 Å². The van der Waals surface area contributed by atoms with E-state index in [0.717, 1.165) is 63.2 Å². The number of aromatic nitrogens is 1. The van der Waals surface area contributed by atoms with E-state index in [2.05, 4.69) is 32.7 Å². The molecule has 5 rings (SSSR count). The highest BCUT2D eigenvalue weighted by atomic mass is 16.5. The van der Waals surface area contributed by atoms with Gasteiger partial charge in [0.2, 0.25) is 5.88 Å². The first-order valence-electron chi connectivity index (χ1n) is 11.3. The molecule has 0 unspecified atom stereocenters. The number of urea groups is 1. The van der Waals surface area contributed by atoms with Crippen molar-refractivity contribution >= 4 is 23.3 Å². The quantitative estimate of drug-likeness (QED) is 0.797. The molecule has 1 radical (unpaired) electrons. The second kappa shape index (κ2) is 8.78. The van der Waals surface area contributed by atoms with E-state index in [-0.39, 0.29) is 11.9 Å². The molecule has 32 heavy (non-hydrogen) atoms. The second-order valence-electron chi connectivity index (χ2n) is 8.71. The van der Waals surface area contributed by atoms with Crippen molar-refractivity contribution < 1.29 is 14.3 Å². The largest absolute Gasteiger partial charge is 0.480 e. The Morgan fingerprint density at radius 2 is 1.88 bits per heavy atom. The third kappa shape index (κ3) is 4.02. The van der Waals surface area contributed by atoms with Crippen LogP contribution in [0.5, 0.6) is 5.88 Å². The van der Waals surface area contributed by atoms with Crippen LogP contribution in [0.4, 0.5) is 16.2 Å². The Morgan fingerprint density at radius 3 is 2.62 bits per heavy atom. The molecule has 0 bridgehead atoms. The molecule has 3 amide bonds. The number of carbonyl (C=O) groups is 2. The van der Waals surface area contributed by atoms with E-state index in [4.69, 9.17) is 4.74 Å². The summed E-state index contributed by atoms with van der Waals surface area (Å²) in [6, 6.07) is 9.95. The molecule has 3 aliphatic rings. The standard InChI is InChI=1S/C24H28N5O3/c1-32-22-19(3-2-10-25-22)23(30)29-13-8-18(9-14-29)28-11-6-16(7-12-28)17-4-5-20-21(15-17)27-24(31)26-20/h2-5,10,15-16,18H,6-9,11-14H2,1H3,(H,26,31). The lowest BCUT2D eigenvalue weighted by Crippen LogP contribution is -2.48. The van der Waals surface area contributed by atoms with E-state index in [1.807, 2.05) is 11.0 Å². The molecule has 0 saturated carbocycles. The maximum Gasteiger partial charge on any atom is 0.346 e. The molecule has 8 nitrogen and oxygen atoms in total. The third-order valence-electron chi connectivity index (χ3n) is 6.95. The molecular formula is C24H28N5O3. The molecule has 0 spiro atoms. The van der Waals surface area contributed by atoms with Gasteiger partial charge in [0.15, 0.2) is 0 Å². The van der Waals surface area contributed by atoms with Crippen LogP contribution >= 0.6 is 0 Å². The van der Waals surface area contributed by atoms with E-state index in [1.165, 1.54) is 5.56 Å². The Hall–Kier alpha value is -3.13. The summed E-state index contributed by atoms with van der Waals surface area (Å²) in [5, 5.41) is 6.80. The molecule has 4 heterocycles. The summed E-state index contributed by atoms with van der Waals surface area (Å²) in [5.74, 6) is 0.894. The molecule has 3 aliphatic heterocycles. The number of nitrogens with one attached hydrogen (secondary N) is 1. The van der Waals surface area contributed by atoms with Crippen LogP contribution in [0.25, 0.3) is 0 Å². The van der Waals surface area contributed by atoms with Crippen LogP contribution in [-0.4, -0.2) is 66.1 Å². The number of anilines is 1. The fourth-order valence-corrected chi connectivity index (χ4v) is 5.17. The SMILES string of the molecule is COc1ncccc1C(=O)N1CCC(N2CCC(c3ccc4c(c3)[N]C(=O)N4)CC2)CC1. The Kier molecular flexibility index (Phi) is 5.70. The van der Waals surface area contributed by atoms with Crippen molar-refractivity contribution in [3.63, 3.8) is 0 Å². The van der Waals surface area contributed by atoms with Gasteiger partial charge in [-0.05, 0) is 74.5 Å². The minimum Gasteiger partial charge on any atom is -0.480 e. The van der Waals surface area contributed by atoms with E-state index < -0.39 is 0 Å². The summed E-state index contributed by atoms with van der Waals surface area (Å²) in [6.07, 6.45) is 5.83. The minimum absolute atomic E-state index is 0.00195. The van der Waals surface area contributed by atoms with Crippen LogP contribution in [0, 0.1) is 0 Å². The van der Waals surface area contributed by atoms with Crippen molar-refractivity contribution in [1.29, 1.82) is 0 Å². The number of likely N-dealkylation sites (tertiary alicyclic amines) is 2. The van der Waals surface area contributed by atoms with Gasteiger partial charge in [-0.25, -0.2) is 9.78 Å². The van der Waals surface area contributed by atoms with Crippen molar-refractivity contribution in [1.82, 2.24) is 20.1 Å². The lowest BCUT2D eigenvalue weighted by molar-refractivity contribution is 0.0574. The zero-order valence-corrected chi connectivity index (χ0v) is 18.3. The van der Waals surface area contributed by atoms with Gasteiger partial charge in [0.1, 0.15) is 5.56 Å². The highest BCUT2D eigenvalue weighted by molar-refractivity contribution is 6.02. The first kappa shape index (κ1) is 20.8. The van der Waals surface area contributed by atoms with Crippen LogP contribution < -0.4 is 15.4 Å². The second-order valence-corrected chi connectivity index (χ2v) is 8.71. The number of fused-ring (bicyclic) bond motifs is 1. The predicted molar refractivity (Wildman–Crippen MR) is 121 cm³/mol. The summed E-state index contributed by atoms with van der Waals surface area (Å²) in [6.45, 7) is 3.64. The lowest BCUT2D eigenvalue weighted by atomic mass is 9.87. The number of methoxy groups -OCH3 is 1. The Morgan fingerprint density at radius 1 is 1.09 bits per heavy atom. The number of ether oxygens (including phenoxy) is 1. The smallest absolute Gasteiger partial charge is 0.346 e. The number of hydrogen-bond acceptors (Lipinski definition) is 5. The molecule has 2 saturated heterocycles. The molecule has 1 N–H and O–H groups in total. The van der Waals surface area contributed by atoms with E-state index >= 15 is 0 Å². The van der Waals surface area contributed by atoms with Crippen LogP contribution in [0.2, 0.25) is 0 Å². The van der Waals surface area contributed by atoms with Gasteiger partial charge in [-0.1, -0.05) is 6.07 Å². The van der Waals surface area contributed by atoms with Crippen LogP contribution in [0.15, 0.2) is 36.5 Å². The fraction of sp³-hybridized carbons (Fsp3) is 0.458. The van der Waals surface area contributed by atoms with Crippen LogP contribution in [-0.2, 0) is 0 Å². The van der Waals surface area contributed by atoms with Crippen LogP contribution in [0.1, 0.15) is 47.5 Å². The topological polar surface area (TPSA) is 88.9 Å². The number of hydrogen-bond donors (Lipinski definition) is 1. The summed E-state index contributed by atoms with van der Waals surface area (Å²) in [7, 11) is 1.54. The van der Waals surface area contributed by atoms with Crippen molar-refractivity contribution in [2.24, 2.45) is 0 Å². The third-order valence-corrected chi connectivity index (χ3v) is 6.95. The molecule has 2 fully saturated rings. The van der Waals surface area contributed by atoms with Crippen molar-refractivity contribution in [2.75, 3.05) is 38.6 Å². The lowest BCUT2D eigenvalue weighted by Gasteiger charge is -2.42. The molecule has 167 valence electrons. The average Bonchev–Trinajstić information content (AvgIpc) is 3.23. The maximum absolute atomic E-state index is 12.9. The average molecular weight is 435 g/mol. The zero-order valence-electron chi connectivity index (χ0n) is 18.3. The summed E-state index contributed by atoms with van der Waals surface area (Å²) < 4.78 is 5.26. The highest BCUT2D eigenvalue weighted by Gasteiger charge is 2.31. The maximum atomic E-state index is 12.9. The molecule has 0 aliphatic carbocycles. The highest BCUT2D eigenvalue weighted by Crippen LogP contribution is 2.36. The van der Waals surface area contributed by atoms with E-state index in [1.54, 1.807) is 25.4 Å². The Bertz CT molecular complexity index is 1010. The Labute approximate surface area is 187 Å². The number of nitrogens with zero attached hydrogens (tertiary/aromatic N) is 4. The van der Waals surface area contributed by atoms with Crippen molar-refractivity contribution in [3.05, 3.63) is 47.7 Å². The van der Waals surface area contributed by atoms with Gasteiger partial charge < -0.3 is 19.9 Å². The monoisotopic (exact) mass is 434 g/mol. The fourth-order valence-electron chi connectivity index (χ4n) is 5.17. The minimum atomic E-state index is -0.279. The van der Waals surface area contributed by atoms with E-state index in [9.17, 15) is 9.59 Å². The molecule has 8 heteroatoms. The summed E-state index contributed by atoms with van der Waals surface area (Å²) in [4.78, 5) is 33.1. The van der Waals surface area contributed by atoms with E-state index in [0.29, 0.717) is 23.4 Å². The number of pyridine rings is 1. The Balaban J connectivity index is 1.14. The normalized spacial score (nSPS) is 19.9. The predicted octanol–water partition coefficient (Wildman–Crippen LogP) is 3.36. The van der Waals surface area contributed by atoms with Gasteiger partial charge in [0, 0.05) is 25.3 Å². The molecule has 0 atom stereocenters. The number of rotatable bonds is 4. The van der Waals surface area contributed by atoms with Gasteiger partial charge in [-0.2, -0.15) is 5.32 Å². The molecule has 2 aromatic rings. The van der Waals surface area contributed by atoms with Crippen LogP contribution in [0.3, 0.4) is 0 Å². The van der Waals surface area contributed by atoms with Gasteiger partial charge >= 0.3 is 6.03 Å². The number of carbonyl (C=O) groups excluding carboxylic acids is 2. The first-order valence-corrected chi connectivity index (χ1v) is 11.3. The van der Waals surface area contributed by atoms with Gasteiger partial charge in [-0.15, -0.1) is 0 Å². The summed E-state index contributed by atoms with van der Waals surface area (Å²) >= 11 is 0. The zero-order chi connectivity index (χ0) is 22.1. The number of benzene rings is 1. The summed E-state index contributed by atoms with van der Waals surface area (Å²) in [5.41, 5.74) is 3.38. The number of piperidine rings is 2. The first-order chi connectivity index (χ1) is 15.6. The molecule has 1 aromatic heterocycles. The molecule has 1 aromatic carbocycles. The molecular weight excluding hydrogens is 406 g/mol. The van der Waals surface area contributed by atoms with Gasteiger partial charge in [0.05, 0.1) is 18.5 Å². The van der Waals surface area contributed by atoms with Crippen molar-refractivity contribution in [3.8, 4) is 5.88 Å².